The maximum absolute atomic E-state index is 13.3. The van der Waals surface area contributed by atoms with Crippen LogP contribution in [-0.4, -0.2) is 77.3 Å². The van der Waals surface area contributed by atoms with E-state index >= 15 is 0 Å². The summed E-state index contributed by atoms with van der Waals surface area (Å²) in [6, 6.07) is 3.69. The first-order valence-electron chi connectivity index (χ1n) is 14.0. The summed E-state index contributed by atoms with van der Waals surface area (Å²) in [4.78, 5) is 33.5. The molecule has 3 atom stereocenters. The van der Waals surface area contributed by atoms with Crippen molar-refractivity contribution in [3.8, 4) is 21.8 Å². The second-order valence-corrected chi connectivity index (χ2v) is 14.6. The Morgan fingerprint density at radius 1 is 1.07 bits per heavy atom. The summed E-state index contributed by atoms with van der Waals surface area (Å²) >= 11 is 1.60. The summed E-state index contributed by atoms with van der Waals surface area (Å²) in [7, 11) is -3.75. The minimum Gasteiger partial charge on any atom is -0.382 e. The number of nitrogens with two attached hydrogens (primary N) is 1. The fourth-order valence-corrected chi connectivity index (χ4v) is 8.39. The number of nitrogen functional groups attached to an aromatic ring is 1. The predicted molar refractivity (Wildman–Crippen MR) is 160 cm³/mol. The molecule has 2 aliphatic rings. The standard InChI is InChI=1S/C28H30N10O3S2/c1-13-14(2)42-27(32-13)21-8-5-16(11-30-21)20-12-31-38-24(29)23(43(4,40)41)22(34-26(20)38)17-9-18-6-7-19(10-17)37(18)28(39)25-33-15(3)35-36-25/h5,8,11-12,17-19H,6-7,9-10,29H2,1-4H3,(H,33,35,36)/t17-,18-,19+. The highest BCUT2D eigenvalue weighted by Crippen LogP contribution is 2.45. The predicted octanol–water partition coefficient (Wildman–Crippen LogP) is 3.49. The average Bonchev–Trinajstić information content (AvgIpc) is 3.73. The normalized spacial score (nSPS) is 20.3. The van der Waals surface area contributed by atoms with Gasteiger partial charge in [-0.1, -0.05) is 6.07 Å². The molecule has 15 heteroatoms. The Labute approximate surface area is 251 Å². The molecule has 5 aromatic heterocycles. The lowest BCUT2D eigenvalue weighted by Crippen LogP contribution is -2.46. The fourth-order valence-electron chi connectivity index (χ4n) is 6.44. The van der Waals surface area contributed by atoms with Crippen molar-refractivity contribution in [3.63, 3.8) is 0 Å². The molecule has 5 aromatic rings. The molecule has 2 fully saturated rings. The van der Waals surface area contributed by atoms with Gasteiger partial charge in [0.25, 0.3) is 5.91 Å². The molecule has 0 unspecified atom stereocenters. The Kier molecular flexibility index (Phi) is 6.36. The van der Waals surface area contributed by atoms with Crippen molar-refractivity contribution >= 4 is 38.5 Å². The Morgan fingerprint density at radius 2 is 1.81 bits per heavy atom. The quantitative estimate of drug-likeness (QED) is 0.296. The van der Waals surface area contributed by atoms with Gasteiger partial charge in [-0.05, 0) is 52.5 Å². The number of thiazole rings is 1. The number of pyridine rings is 1. The molecule has 2 saturated heterocycles. The van der Waals surface area contributed by atoms with E-state index in [-0.39, 0.29) is 40.4 Å². The molecule has 0 spiro atoms. The first kappa shape index (κ1) is 27.6. The first-order chi connectivity index (χ1) is 20.5. The maximum atomic E-state index is 13.3. The van der Waals surface area contributed by atoms with Crippen molar-refractivity contribution in [1.82, 2.24) is 44.6 Å². The van der Waals surface area contributed by atoms with E-state index in [0.717, 1.165) is 45.9 Å². The van der Waals surface area contributed by atoms with Crippen LogP contribution in [0.3, 0.4) is 0 Å². The molecule has 0 aliphatic carbocycles. The first-order valence-corrected chi connectivity index (χ1v) is 16.7. The van der Waals surface area contributed by atoms with Crippen LogP contribution in [0.25, 0.3) is 27.5 Å². The van der Waals surface area contributed by atoms with Gasteiger partial charge in [0.05, 0.1) is 23.3 Å². The van der Waals surface area contributed by atoms with Crippen molar-refractivity contribution in [2.45, 2.75) is 69.4 Å². The summed E-state index contributed by atoms with van der Waals surface area (Å²) in [5, 5.41) is 13.2. The molecular weight excluding hydrogens is 589 g/mol. The lowest BCUT2D eigenvalue weighted by atomic mass is 9.87. The zero-order valence-electron chi connectivity index (χ0n) is 24.1. The van der Waals surface area contributed by atoms with Crippen LogP contribution in [0.5, 0.6) is 0 Å². The van der Waals surface area contributed by atoms with Gasteiger partial charge in [-0.15, -0.1) is 21.5 Å². The number of H-pyrrole nitrogens is 1. The van der Waals surface area contributed by atoms with Crippen LogP contribution in [0.4, 0.5) is 5.82 Å². The van der Waals surface area contributed by atoms with Crippen molar-refractivity contribution in [1.29, 1.82) is 0 Å². The number of anilines is 1. The van der Waals surface area contributed by atoms with Crippen LogP contribution >= 0.6 is 11.3 Å². The third kappa shape index (κ3) is 4.57. The number of carbonyl (C=O) groups is 1. The topological polar surface area (TPSA) is 178 Å². The molecule has 0 aromatic carbocycles. The molecule has 2 aliphatic heterocycles. The number of nitrogens with zero attached hydrogens (tertiary/aromatic N) is 8. The van der Waals surface area contributed by atoms with Crippen molar-refractivity contribution in [2.75, 3.05) is 12.0 Å². The smallest absolute Gasteiger partial charge is 0.292 e. The largest absolute Gasteiger partial charge is 0.382 e. The minimum atomic E-state index is -3.75. The number of rotatable bonds is 5. The van der Waals surface area contributed by atoms with Crippen molar-refractivity contribution in [3.05, 3.63) is 52.4 Å². The number of fused-ring (bicyclic) bond motifs is 3. The van der Waals surface area contributed by atoms with E-state index in [9.17, 15) is 13.2 Å². The number of aryl methyl sites for hydroxylation is 3. The third-order valence-electron chi connectivity index (χ3n) is 8.51. The molecule has 3 N–H and O–H groups in total. The van der Waals surface area contributed by atoms with Crippen LogP contribution in [0.2, 0.25) is 0 Å². The highest BCUT2D eigenvalue weighted by molar-refractivity contribution is 7.91. The van der Waals surface area contributed by atoms with Crippen molar-refractivity contribution in [2.24, 2.45) is 0 Å². The van der Waals surface area contributed by atoms with Gasteiger partial charge in [-0.2, -0.15) is 9.61 Å². The van der Waals surface area contributed by atoms with Gasteiger partial charge in [-0.25, -0.2) is 18.4 Å². The van der Waals surface area contributed by atoms with Crippen LogP contribution in [0, 0.1) is 20.8 Å². The third-order valence-corrected chi connectivity index (χ3v) is 10.8. The van der Waals surface area contributed by atoms with E-state index in [1.165, 1.54) is 4.52 Å². The Bertz CT molecular complexity index is 1980. The Balaban J connectivity index is 1.27. The molecular formula is C28H30N10O3S2. The highest BCUT2D eigenvalue weighted by Gasteiger charge is 2.46. The number of aromatic nitrogens is 8. The number of aromatic amines is 1. The molecule has 13 nitrogen and oxygen atoms in total. The summed E-state index contributed by atoms with van der Waals surface area (Å²) in [6.07, 6.45) is 7.29. The zero-order chi connectivity index (χ0) is 30.2. The number of hydrogen-bond acceptors (Lipinski definition) is 11. The number of nitrogens with one attached hydrogen (secondary N) is 1. The summed E-state index contributed by atoms with van der Waals surface area (Å²) < 4.78 is 27.6. The zero-order valence-corrected chi connectivity index (χ0v) is 25.7. The van der Waals surface area contributed by atoms with Gasteiger partial charge in [0.2, 0.25) is 5.82 Å². The SMILES string of the molecule is Cc1nnc(C(=O)N2[C@@H]3CC[C@H]2C[C@H](c2nc4c(-c5ccc(-c6nc(C)c(C)s6)nc5)cnn4c(N)c2S(C)(=O)=O)C3)[nH]1. The number of hydrogen-bond donors (Lipinski definition) is 2. The molecule has 1 amide bonds. The van der Waals surface area contributed by atoms with Crippen molar-refractivity contribution < 1.29 is 13.2 Å². The van der Waals surface area contributed by atoms with E-state index < -0.39 is 9.84 Å². The van der Waals surface area contributed by atoms with Gasteiger partial charge >= 0.3 is 0 Å². The summed E-state index contributed by atoms with van der Waals surface area (Å²) in [6.45, 7) is 5.76. The van der Waals surface area contributed by atoms with Crippen LogP contribution in [0.1, 0.15) is 64.3 Å². The average molecular weight is 619 g/mol. The number of piperidine rings is 1. The molecule has 2 bridgehead atoms. The van der Waals surface area contributed by atoms with Crippen LogP contribution < -0.4 is 5.73 Å². The lowest BCUT2D eigenvalue weighted by molar-refractivity contribution is 0.0556. The Morgan fingerprint density at radius 3 is 2.40 bits per heavy atom. The minimum absolute atomic E-state index is 0.00679. The second-order valence-electron chi connectivity index (χ2n) is 11.4. The summed E-state index contributed by atoms with van der Waals surface area (Å²) in [5.74, 6) is 0.419. The molecule has 0 radical (unpaired) electrons. The second kappa shape index (κ2) is 9.91. The van der Waals surface area contributed by atoms with Gasteiger partial charge in [0, 0.05) is 46.5 Å². The number of amides is 1. The van der Waals surface area contributed by atoms with E-state index in [4.69, 9.17) is 10.7 Å². The van der Waals surface area contributed by atoms with Gasteiger partial charge < -0.3 is 15.6 Å². The number of sulfone groups is 1. The van der Waals surface area contributed by atoms with E-state index in [1.807, 2.05) is 30.9 Å². The molecule has 7 rings (SSSR count). The Hall–Kier alpha value is -4.24. The van der Waals surface area contributed by atoms with Crippen LogP contribution in [-0.2, 0) is 9.84 Å². The van der Waals surface area contributed by atoms with Gasteiger partial charge in [-0.3, -0.25) is 9.78 Å². The summed E-state index contributed by atoms with van der Waals surface area (Å²) in [5.41, 5.74) is 10.6. The lowest BCUT2D eigenvalue weighted by Gasteiger charge is -2.38. The van der Waals surface area contributed by atoms with E-state index in [2.05, 4.69) is 30.2 Å². The van der Waals surface area contributed by atoms with E-state index in [1.54, 1.807) is 30.7 Å². The molecule has 222 valence electrons. The molecule has 7 heterocycles. The monoisotopic (exact) mass is 618 g/mol. The van der Waals surface area contributed by atoms with E-state index in [0.29, 0.717) is 35.6 Å². The number of carbonyl (C=O) groups excluding carboxylic acids is 1. The van der Waals surface area contributed by atoms with Gasteiger partial charge in [0.15, 0.2) is 15.5 Å². The van der Waals surface area contributed by atoms with Crippen LogP contribution in [0.15, 0.2) is 29.4 Å². The fraction of sp³-hybridized carbons (Fsp3) is 0.393. The maximum Gasteiger partial charge on any atom is 0.292 e. The molecule has 43 heavy (non-hydrogen) atoms. The van der Waals surface area contributed by atoms with Gasteiger partial charge in [0.1, 0.15) is 21.5 Å². The molecule has 0 saturated carbocycles. The highest BCUT2D eigenvalue weighted by atomic mass is 32.2.